The first-order valence-corrected chi connectivity index (χ1v) is 10.6. The normalized spacial score (nSPS) is 15.3. The van der Waals surface area contributed by atoms with Crippen LogP contribution in [-0.2, 0) is 6.42 Å². The number of aliphatic imine (C=N–C) groups is 1. The fourth-order valence-corrected chi connectivity index (χ4v) is 4.34. The van der Waals surface area contributed by atoms with E-state index in [-0.39, 0.29) is 0 Å². The van der Waals surface area contributed by atoms with Gasteiger partial charge in [0, 0.05) is 37.9 Å². The minimum absolute atomic E-state index is 0.475. The zero-order chi connectivity index (χ0) is 19.7. The van der Waals surface area contributed by atoms with E-state index in [4.69, 9.17) is 0 Å². The van der Waals surface area contributed by atoms with Crippen molar-refractivity contribution in [3.63, 3.8) is 0 Å². The third kappa shape index (κ3) is 5.32. The fraction of sp³-hybridized carbons (Fsp3) is 0.308. The Morgan fingerprint density at radius 1 is 0.862 bits per heavy atom. The smallest absolute Gasteiger partial charge is 0.0849 e. The summed E-state index contributed by atoms with van der Waals surface area (Å²) in [4.78, 5) is 11.1. The largest absolute Gasteiger partial charge is 0.363 e. The van der Waals surface area contributed by atoms with Crippen molar-refractivity contribution in [3.8, 4) is 0 Å². The first-order valence-electron chi connectivity index (χ1n) is 10.6. The summed E-state index contributed by atoms with van der Waals surface area (Å²) in [5.41, 5.74) is 4.16. The van der Waals surface area contributed by atoms with E-state index in [1.165, 1.54) is 29.5 Å². The fourth-order valence-electron chi connectivity index (χ4n) is 4.34. The Morgan fingerprint density at radius 3 is 2.03 bits per heavy atom. The highest BCUT2D eigenvalue weighted by Gasteiger charge is 2.28. The maximum atomic E-state index is 4.66. The number of likely N-dealkylation sites (tertiary alicyclic amines) is 1. The second-order valence-corrected chi connectivity index (χ2v) is 7.80. The van der Waals surface area contributed by atoms with Gasteiger partial charge in [-0.3, -0.25) is 9.98 Å². The highest BCUT2D eigenvalue weighted by molar-refractivity contribution is 5.55. The van der Waals surface area contributed by atoms with Gasteiger partial charge in [-0.2, -0.15) is 0 Å². The molecule has 3 aromatic rings. The topological polar surface area (TPSA) is 28.5 Å². The van der Waals surface area contributed by atoms with Crippen LogP contribution in [0.25, 0.3) is 0 Å². The van der Waals surface area contributed by atoms with Crippen molar-refractivity contribution in [2.45, 2.75) is 25.2 Å². The second-order valence-electron chi connectivity index (χ2n) is 7.80. The molecule has 3 heteroatoms. The summed E-state index contributed by atoms with van der Waals surface area (Å²) in [5.74, 6) is 1.14. The standard InChI is InChI=1S/C26H29N3/c1-3-7-23(8-4-1)26(24-9-5-2-6-10-24)25-14-19-29(20-15-25)21-28-18-13-22-11-16-27-17-12-22/h1-12,16-17,21,25-26H,13-15,18-20H2. The number of piperidine rings is 1. The molecule has 0 N–H and O–H groups in total. The predicted octanol–water partition coefficient (Wildman–Crippen LogP) is 5.20. The molecule has 0 aliphatic carbocycles. The van der Waals surface area contributed by atoms with E-state index in [9.17, 15) is 0 Å². The van der Waals surface area contributed by atoms with Crippen LogP contribution in [0.5, 0.6) is 0 Å². The summed E-state index contributed by atoms with van der Waals surface area (Å²) in [6.07, 6.45) is 9.13. The number of hydrogen-bond acceptors (Lipinski definition) is 2. The lowest BCUT2D eigenvalue weighted by Gasteiger charge is -2.36. The maximum Gasteiger partial charge on any atom is 0.0849 e. The van der Waals surface area contributed by atoms with Gasteiger partial charge < -0.3 is 4.90 Å². The van der Waals surface area contributed by atoms with Crippen molar-refractivity contribution in [2.24, 2.45) is 10.9 Å². The van der Waals surface area contributed by atoms with Crippen molar-refractivity contribution < 1.29 is 0 Å². The molecular formula is C26H29N3. The van der Waals surface area contributed by atoms with Gasteiger partial charge in [0.2, 0.25) is 0 Å². The molecule has 1 saturated heterocycles. The van der Waals surface area contributed by atoms with Crippen LogP contribution in [0.4, 0.5) is 0 Å². The van der Waals surface area contributed by atoms with E-state index < -0.39 is 0 Å². The van der Waals surface area contributed by atoms with Crippen LogP contribution in [0.15, 0.2) is 90.2 Å². The molecule has 0 radical (unpaired) electrons. The average molecular weight is 384 g/mol. The van der Waals surface area contributed by atoms with Gasteiger partial charge in [0.25, 0.3) is 0 Å². The summed E-state index contributed by atoms with van der Waals surface area (Å²) < 4.78 is 0. The van der Waals surface area contributed by atoms with Crippen molar-refractivity contribution in [3.05, 3.63) is 102 Å². The lowest BCUT2D eigenvalue weighted by atomic mass is 9.76. The van der Waals surface area contributed by atoms with E-state index in [1.807, 2.05) is 12.4 Å². The van der Waals surface area contributed by atoms with Crippen molar-refractivity contribution in [2.75, 3.05) is 19.6 Å². The van der Waals surface area contributed by atoms with Gasteiger partial charge in [-0.1, -0.05) is 60.7 Å². The van der Waals surface area contributed by atoms with Gasteiger partial charge in [0.15, 0.2) is 0 Å². The predicted molar refractivity (Wildman–Crippen MR) is 120 cm³/mol. The van der Waals surface area contributed by atoms with Crippen molar-refractivity contribution in [1.29, 1.82) is 0 Å². The van der Waals surface area contributed by atoms with Gasteiger partial charge in [0.05, 0.1) is 6.34 Å². The molecule has 0 amide bonds. The molecule has 1 fully saturated rings. The Hall–Kier alpha value is -2.94. The number of benzene rings is 2. The van der Waals surface area contributed by atoms with Crippen LogP contribution < -0.4 is 0 Å². The lowest BCUT2D eigenvalue weighted by molar-refractivity contribution is 0.254. The number of pyridine rings is 1. The Balaban J connectivity index is 1.35. The average Bonchev–Trinajstić information content (AvgIpc) is 2.80. The minimum atomic E-state index is 0.475. The molecule has 0 saturated carbocycles. The van der Waals surface area contributed by atoms with E-state index in [2.05, 4.69) is 94.0 Å². The van der Waals surface area contributed by atoms with Crippen molar-refractivity contribution >= 4 is 6.34 Å². The Bertz CT molecular complexity index is 830. The second kappa shape index (κ2) is 10.0. The summed E-state index contributed by atoms with van der Waals surface area (Å²) in [7, 11) is 0. The van der Waals surface area contributed by atoms with Gasteiger partial charge >= 0.3 is 0 Å². The lowest BCUT2D eigenvalue weighted by Crippen LogP contribution is -2.35. The molecular weight excluding hydrogens is 354 g/mol. The summed E-state index contributed by atoms with van der Waals surface area (Å²) >= 11 is 0. The van der Waals surface area contributed by atoms with Gasteiger partial charge in [-0.25, -0.2) is 0 Å². The zero-order valence-electron chi connectivity index (χ0n) is 16.9. The Morgan fingerprint density at radius 2 is 1.45 bits per heavy atom. The summed E-state index contributed by atoms with van der Waals surface area (Å²) in [6, 6.07) is 26.1. The molecule has 0 bridgehead atoms. The van der Waals surface area contributed by atoms with E-state index in [1.54, 1.807) is 0 Å². The Labute approximate surface area is 174 Å². The van der Waals surface area contributed by atoms with Crippen LogP contribution in [-0.4, -0.2) is 35.9 Å². The quantitative estimate of drug-likeness (QED) is 0.415. The molecule has 1 aromatic heterocycles. The van der Waals surface area contributed by atoms with Gasteiger partial charge in [0.1, 0.15) is 0 Å². The first kappa shape index (κ1) is 19.4. The van der Waals surface area contributed by atoms with Gasteiger partial charge in [-0.05, 0) is 54.0 Å². The van der Waals surface area contributed by atoms with Crippen LogP contribution in [0, 0.1) is 5.92 Å². The first-order chi connectivity index (χ1) is 14.4. The minimum Gasteiger partial charge on any atom is -0.363 e. The van der Waals surface area contributed by atoms with E-state index >= 15 is 0 Å². The third-order valence-corrected chi connectivity index (χ3v) is 5.89. The summed E-state index contributed by atoms with van der Waals surface area (Å²) in [6.45, 7) is 3.00. The van der Waals surface area contributed by atoms with Crippen molar-refractivity contribution in [1.82, 2.24) is 9.88 Å². The number of nitrogens with zero attached hydrogens (tertiary/aromatic N) is 3. The zero-order valence-corrected chi connectivity index (χ0v) is 16.9. The summed E-state index contributed by atoms with van der Waals surface area (Å²) in [5, 5.41) is 0. The van der Waals surface area contributed by atoms with Gasteiger partial charge in [-0.15, -0.1) is 0 Å². The highest BCUT2D eigenvalue weighted by atomic mass is 15.1. The monoisotopic (exact) mass is 383 g/mol. The molecule has 0 atom stereocenters. The van der Waals surface area contributed by atoms with E-state index in [0.717, 1.165) is 26.1 Å². The molecule has 3 nitrogen and oxygen atoms in total. The van der Waals surface area contributed by atoms with Crippen LogP contribution in [0.3, 0.4) is 0 Å². The van der Waals surface area contributed by atoms with E-state index in [0.29, 0.717) is 11.8 Å². The molecule has 2 heterocycles. The number of hydrogen-bond donors (Lipinski definition) is 0. The molecule has 0 unspecified atom stereocenters. The number of aromatic nitrogens is 1. The molecule has 1 aliphatic heterocycles. The molecule has 2 aromatic carbocycles. The number of rotatable bonds is 7. The third-order valence-electron chi connectivity index (χ3n) is 5.89. The highest BCUT2D eigenvalue weighted by Crippen LogP contribution is 2.37. The molecule has 0 spiro atoms. The molecule has 1 aliphatic rings. The SMILES string of the molecule is C(=NCCc1ccncc1)N1CCC(C(c2ccccc2)c2ccccc2)CC1. The van der Waals surface area contributed by atoms with Crippen LogP contribution in [0.1, 0.15) is 35.4 Å². The van der Waals surface area contributed by atoms with Crippen LogP contribution in [0.2, 0.25) is 0 Å². The molecule has 4 rings (SSSR count). The molecule has 148 valence electrons. The molecule has 29 heavy (non-hydrogen) atoms. The van der Waals surface area contributed by atoms with Crippen LogP contribution >= 0.6 is 0 Å². The maximum absolute atomic E-state index is 4.66. The Kier molecular flexibility index (Phi) is 6.69.